The van der Waals surface area contributed by atoms with Crippen LogP contribution in [0.5, 0.6) is 0 Å². The molecule has 128 valence electrons. The number of hydrogen-bond acceptors (Lipinski definition) is 3. The Labute approximate surface area is 143 Å². The van der Waals surface area contributed by atoms with Crippen molar-refractivity contribution >= 4 is 11.8 Å². The number of benzene rings is 1. The van der Waals surface area contributed by atoms with Crippen LogP contribution in [0.1, 0.15) is 45.1 Å². The Hall–Kier alpha value is -2.35. The molecule has 1 N–H and O–H groups in total. The summed E-state index contributed by atoms with van der Waals surface area (Å²) in [4.78, 5) is 26.1. The van der Waals surface area contributed by atoms with Gasteiger partial charge in [0.25, 0.3) is 0 Å². The maximum atomic E-state index is 12.5. The molecule has 0 bridgehead atoms. The highest BCUT2D eigenvalue weighted by atomic mass is 16.2. The van der Waals surface area contributed by atoms with Gasteiger partial charge in [0.1, 0.15) is 11.6 Å². The van der Waals surface area contributed by atoms with E-state index >= 15 is 0 Å². The molecule has 0 radical (unpaired) electrons. The molecule has 1 saturated heterocycles. The largest absolute Gasteiger partial charge is 0.336 e. The van der Waals surface area contributed by atoms with Crippen LogP contribution in [0.25, 0.3) is 0 Å². The van der Waals surface area contributed by atoms with E-state index in [0.717, 1.165) is 18.4 Å². The number of aryl methyl sites for hydroxylation is 1. The maximum absolute atomic E-state index is 12.5. The molecule has 1 fully saturated rings. The van der Waals surface area contributed by atoms with Crippen molar-refractivity contribution in [2.45, 2.75) is 57.5 Å². The molecule has 1 heterocycles. The highest BCUT2D eigenvalue weighted by molar-refractivity contribution is 5.88. The summed E-state index contributed by atoms with van der Waals surface area (Å²) >= 11 is 0. The first-order valence-corrected chi connectivity index (χ1v) is 8.52. The summed E-state index contributed by atoms with van der Waals surface area (Å²) in [7, 11) is 0. The summed E-state index contributed by atoms with van der Waals surface area (Å²) < 4.78 is 0. The number of nitrogens with zero attached hydrogens (tertiary/aromatic N) is 2. The third-order valence-electron chi connectivity index (χ3n) is 4.61. The zero-order chi connectivity index (χ0) is 17.6. The van der Waals surface area contributed by atoms with Crippen LogP contribution in [0.15, 0.2) is 30.3 Å². The van der Waals surface area contributed by atoms with E-state index in [4.69, 9.17) is 0 Å². The van der Waals surface area contributed by atoms with Crippen LogP contribution in [0.4, 0.5) is 0 Å². The fourth-order valence-electron chi connectivity index (χ4n) is 2.94. The maximum Gasteiger partial charge on any atom is 0.243 e. The molecule has 0 saturated carbocycles. The summed E-state index contributed by atoms with van der Waals surface area (Å²) in [5.41, 5.74) is 0.188. The monoisotopic (exact) mass is 327 g/mol. The average Bonchev–Trinajstić information content (AvgIpc) is 2.61. The summed E-state index contributed by atoms with van der Waals surface area (Å²) in [6, 6.07) is 11.6. The second-order valence-electron chi connectivity index (χ2n) is 6.64. The van der Waals surface area contributed by atoms with Crippen LogP contribution in [-0.2, 0) is 16.0 Å². The first kappa shape index (κ1) is 18.0. The average molecular weight is 327 g/mol. The fourth-order valence-corrected chi connectivity index (χ4v) is 2.94. The Morgan fingerprint density at radius 3 is 2.71 bits per heavy atom. The summed E-state index contributed by atoms with van der Waals surface area (Å²) in [6.45, 7) is 4.08. The lowest BCUT2D eigenvalue weighted by Gasteiger charge is -2.33. The minimum absolute atomic E-state index is 0.0202. The minimum Gasteiger partial charge on any atom is -0.336 e. The highest BCUT2D eigenvalue weighted by Gasteiger charge is 2.32. The molecule has 5 heteroatoms. The first-order chi connectivity index (χ1) is 11.4. The van der Waals surface area contributed by atoms with Gasteiger partial charge in [0, 0.05) is 13.0 Å². The normalized spacial score (nSPS) is 18.4. The van der Waals surface area contributed by atoms with Crippen LogP contribution in [0, 0.1) is 11.3 Å². The Balaban J connectivity index is 1.96. The molecule has 0 aliphatic carbocycles. The Bertz CT molecular complexity index is 623. The van der Waals surface area contributed by atoms with Crippen LogP contribution in [-0.4, -0.2) is 34.8 Å². The zero-order valence-electron chi connectivity index (χ0n) is 14.4. The predicted octanol–water partition coefficient (Wildman–Crippen LogP) is 2.42. The Morgan fingerprint density at radius 2 is 2.08 bits per heavy atom. The van der Waals surface area contributed by atoms with Gasteiger partial charge in [0.15, 0.2) is 0 Å². The predicted molar refractivity (Wildman–Crippen MR) is 91.9 cm³/mol. The fraction of sp³-hybridized carbons (Fsp3) is 0.526. The number of piperidine rings is 1. The minimum atomic E-state index is -0.944. The molecule has 1 aliphatic rings. The van der Waals surface area contributed by atoms with Gasteiger partial charge < -0.3 is 10.2 Å². The van der Waals surface area contributed by atoms with Crippen LogP contribution in [0.2, 0.25) is 0 Å². The Kier molecular flexibility index (Phi) is 5.97. The molecular formula is C19H25N3O2. The van der Waals surface area contributed by atoms with E-state index in [1.165, 1.54) is 0 Å². The van der Waals surface area contributed by atoms with E-state index in [1.807, 2.05) is 30.3 Å². The van der Waals surface area contributed by atoms with E-state index in [2.05, 4.69) is 11.4 Å². The number of hydrogen-bond donors (Lipinski definition) is 1. The van der Waals surface area contributed by atoms with Crippen molar-refractivity contribution in [2.75, 3.05) is 6.54 Å². The quantitative estimate of drug-likeness (QED) is 0.872. The summed E-state index contributed by atoms with van der Waals surface area (Å²) in [6.07, 6.45) is 3.55. The van der Waals surface area contributed by atoms with E-state index in [0.29, 0.717) is 25.8 Å². The van der Waals surface area contributed by atoms with Gasteiger partial charge in [-0.05, 0) is 45.1 Å². The van der Waals surface area contributed by atoms with Crippen molar-refractivity contribution in [3.8, 4) is 6.07 Å². The lowest BCUT2D eigenvalue weighted by atomic mass is 9.94. The van der Waals surface area contributed by atoms with Gasteiger partial charge in [0.05, 0.1) is 6.07 Å². The van der Waals surface area contributed by atoms with Gasteiger partial charge in [-0.1, -0.05) is 30.3 Å². The van der Waals surface area contributed by atoms with Gasteiger partial charge in [-0.15, -0.1) is 0 Å². The molecule has 1 aromatic rings. The second kappa shape index (κ2) is 7.96. The van der Waals surface area contributed by atoms with Crippen molar-refractivity contribution in [2.24, 2.45) is 0 Å². The smallest absolute Gasteiger partial charge is 0.243 e. The first-order valence-electron chi connectivity index (χ1n) is 8.52. The standard InChI is InChI=1S/C19H25N3O2/c1-15(22-13-7-6-10-17(22)23)18(24)21-19(2,14-20)12-11-16-8-4-3-5-9-16/h3-5,8-9,15H,6-7,10-13H2,1-2H3,(H,21,24)/t15-,19-/m1/s1. The number of amides is 2. The lowest BCUT2D eigenvalue weighted by molar-refractivity contribution is -0.142. The van der Waals surface area contributed by atoms with Crippen LogP contribution < -0.4 is 5.32 Å². The van der Waals surface area contributed by atoms with E-state index in [9.17, 15) is 14.9 Å². The molecule has 2 atom stereocenters. The molecule has 1 aliphatic heterocycles. The number of likely N-dealkylation sites (tertiary alicyclic amines) is 1. The SMILES string of the molecule is C[C@H](C(=O)N[C@@](C)(C#N)CCc1ccccc1)N1CCCCC1=O. The lowest BCUT2D eigenvalue weighted by Crippen LogP contribution is -2.55. The third-order valence-corrected chi connectivity index (χ3v) is 4.61. The van der Waals surface area contributed by atoms with Gasteiger partial charge in [-0.2, -0.15) is 5.26 Å². The van der Waals surface area contributed by atoms with E-state index < -0.39 is 11.6 Å². The number of rotatable bonds is 6. The molecule has 0 aromatic heterocycles. The van der Waals surface area contributed by atoms with Gasteiger partial charge in [-0.3, -0.25) is 9.59 Å². The van der Waals surface area contributed by atoms with E-state index in [-0.39, 0.29) is 11.8 Å². The van der Waals surface area contributed by atoms with Crippen molar-refractivity contribution in [3.63, 3.8) is 0 Å². The molecule has 2 amide bonds. The zero-order valence-corrected chi connectivity index (χ0v) is 14.4. The van der Waals surface area contributed by atoms with Crippen molar-refractivity contribution in [1.29, 1.82) is 5.26 Å². The van der Waals surface area contributed by atoms with E-state index in [1.54, 1.807) is 18.7 Å². The van der Waals surface area contributed by atoms with Crippen LogP contribution in [0.3, 0.4) is 0 Å². The van der Waals surface area contributed by atoms with Gasteiger partial charge >= 0.3 is 0 Å². The number of nitriles is 1. The molecular weight excluding hydrogens is 302 g/mol. The van der Waals surface area contributed by atoms with Crippen molar-refractivity contribution in [3.05, 3.63) is 35.9 Å². The molecule has 2 rings (SSSR count). The van der Waals surface area contributed by atoms with Crippen molar-refractivity contribution in [1.82, 2.24) is 10.2 Å². The van der Waals surface area contributed by atoms with Crippen LogP contribution >= 0.6 is 0 Å². The molecule has 0 spiro atoms. The number of carbonyl (C=O) groups excluding carboxylic acids is 2. The van der Waals surface area contributed by atoms with Crippen molar-refractivity contribution < 1.29 is 9.59 Å². The summed E-state index contributed by atoms with van der Waals surface area (Å²) in [5, 5.41) is 12.3. The Morgan fingerprint density at radius 1 is 1.38 bits per heavy atom. The topological polar surface area (TPSA) is 73.2 Å². The third kappa shape index (κ3) is 4.58. The number of nitrogens with one attached hydrogen (secondary N) is 1. The molecule has 5 nitrogen and oxygen atoms in total. The number of carbonyl (C=O) groups is 2. The van der Waals surface area contributed by atoms with Gasteiger partial charge in [0.2, 0.25) is 11.8 Å². The molecule has 1 aromatic carbocycles. The molecule has 24 heavy (non-hydrogen) atoms. The summed E-state index contributed by atoms with van der Waals surface area (Å²) in [5.74, 6) is -0.241. The molecule has 0 unspecified atom stereocenters. The highest BCUT2D eigenvalue weighted by Crippen LogP contribution is 2.17. The second-order valence-corrected chi connectivity index (χ2v) is 6.64. The van der Waals surface area contributed by atoms with Gasteiger partial charge in [-0.25, -0.2) is 0 Å².